The summed E-state index contributed by atoms with van der Waals surface area (Å²) in [6.07, 6.45) is 4.27. The lowest BCUT2D eigenvalue weighted by Crippen LogP contribution is -2.38. The van der Waals surface area contributed by atoms with Crippen LogP contribution in [0.2, 0.25) is 0 Å². The number of carbonyl (C=O) groups excluding carboxylic acids is 1. The van der Waals surface area contributed by atoms with Crippen molar-refractivity contribution in [2.75, 3.05) is 6.54 Å². The van der Waals surface area contributed by atoms with Crippen LogP contribution in [0.25, 0.3) is 0 Å². The van der Waals surface area contributed by atoms with Gasteiger partial charge in [-0.25, -0.2) is 4.98 Å². The third-order valence-electron chi connectivity index (χ3n) is 4.88. The second kappa shape index (κ2) is 6.93. The van der Waals surface area contributed by atoms with Gasteiger partial charge in [0.25, 0.3) is 0 Å². The molecular weight excluding hydrogens is 310 g/mol. The summed E-state index contributed by atoms with van der Waals surface area (Å²) in [7, 11) is 0. The van der Waals surface area contributed by atoms with Gasteiger partial charge < -0.3 is 9.47 Å². The largest absolute Gasteiger partial charge is 0.333 e. The molecule has 0 fully saturated rings. The van der Waals surface area contributed by atoms with Gasteiger partial charge in [-0.05, 0) is 11.1 Å². The standard InChI is InChI=1S/C21H21N3O/c25-21(24-14-13-23-12-11-22-20(23)16-24)15-19(17-7-3-1-4-8-17)18-9-5-2-6-10-18/h1-12,19H,13-16H2. The molecule has 0 unspecified atom stereocenters. The van der Waals surface area contributed by atoms with Crippen LogP contribution in [-0.2, 0) is 17.9 Å². The van der Waals surface area contributed by atoms with Gasteiger partial charge in [-0.1, -0.05) is 60.7 Å². The van der Waals surface area contributed by atoms with E-state index >= 15 is 0 Å². The van der Waals surface area contributed by atoms with Crippen LogP contribution in [0.4, 0.5) is 0 Å². The predicted octanol–water partition coefficient (Wildman–Crippen LogP) is 3.45. The Morgan fingerprint density at radius 1 is 0.960 bits per heavy atom. The van der Waals surface area contributed by atoms with E-state index in [-0.39, 0.29) is 11.8 Å². The van der Waals surface area contributed by atoms with Gasteiger partial charge in [0.15, 0.2) is 0 Å². The van der Waals surface area contributed by atoms with Crippen molar-refractivity contribution in [3.63, 3.8) is 0 Å². The van der Waals surface area contributed by atoms with Gasteiger partial charge in [-0.3, -0.25) is 4.79 Å². The number of carbonyl (C=O) groups is 1. The molecule has 0 N–H and O–H groups in total. The molecule has 3 aromatic rings. The van der Waals surface area contributed by atoms with Crippen LogP contribution >= 0.6 is 0 Å². The number of aromatic nitrogens is 2. The van der Waals surface area contributed by atoms with Gasteiger partial charge >= 0.3 is 0 Å². The normalized spacial score (nSPS) is 13.7. The number of hydrogen-bond acceptors (Lipinski definition) is 2. The smallest absolute Gasteiger partial charge is 0.223 e. The Bertz CT molecular complexity index is 802. The van der Waals surface area contributed by atoms with Gasteiger partial charge in [0.1, 0.15) is 5.82 Å². The third kappa shape index (κ3) is 3.33. The highest BCUT2D eigenvalue weighted by molar-refractivity contribution is 5.78. The molecule has 0 radical (unpaired) electrons. The molecule has 25 heavy (non-hydrogen) atoms. The molecule has 4 heteroatoms. The fourth-order valence-electron chi connectivity index (χ4n) is 3.49. The predicted molar refractivity (Wildman–Crippen MR) is 97.0 cm³/mol. The number of hydrogen-bond donors (Lipinski definition) is 0. The van der Waals surface area contributed by atoms with Gasteiger partial charge in [-0.2, -0.15) is 0 Å². The maximum atomic E-state index is 13.0. The van der Waals surface area contributed by atoms with Gasteiger partial charge in [0.05, 0.1) is 6.54 Å². The zero-order valence-electron chi connectivity index (χ0n) is 14.1. The van der Waals surface area contributed by atoms with E-state index in [4.69, 9.17) is 0 Å². The Labute approximate surface area is 147 Å². The molecule has 1 aromatic heterocycles. The van der Waals surface area contributed by atoms with E-state index < -0.39 is 0 Å². The first kappa shape index (κ1) is 15.6. The maximum absolute atomic E-state index is 13.0. The number of imidazole rings is 1. The zero-order valence-corrected chi connectivity index (χ0v) is 14.1. The fourth-order valence-corrected chi connectivity index (χ4v) is 3.49. The Balaban J connectivity index is 1.56. The lowest BCUT2D eigenvalue weighted by molar-refractivity contribution is -0.133. The fraction of sp³-hybridized carbons (Fsp3) is 0.238. The van der Waals surface area contributed by atoms with Crippen molar-refractivity contribution in [2.45, 2.75) is 25.4 Å². The molecule has 126 valence electrons. The molecule has 0 bridgehead atoms. The number of fused-ring (bicyclic) bond motifs is 1. The summed E-state index contributed by atoms with van der Waals surface area (Å²) in [6.45, 7) is 2.17. The van der Waals surface area contributed by atoms with Crippen LogP contribution < -0.4 is 0 Å². The second-order valence-electron chi connectivity index (χ2n) is 6.43. The van der Waals surface area contributed by atoms with Crippen LogP contribution in [0.15, 0.2) is 73.1 Å². The van der Waals surface area contributed by atoms with E-state index in [9.17, 15) is 4.79 Å². The van der Waals surface area contributed by atoms with Gasteiger partial charge in [0, 0.05) is 37.8 Å². The number of amides is 1. The highest BCUT2D eigenvalue weighted by Crippen LogP contribution is 2.29. The molecule has 0 spiro atoms. The Kier molecular flexibility index (Phi) is 4.34. The molecule has 1 aliphatic heterocycles. The summed E-state index contributed by atoms with van der Waals surface area (Å²) in [6, 6.07) is 20.6. The molecule has 0 saturated heterocycles. The van der Waals surface area contributed by atoms with E-state index in [2.05, 4.69) is 33.8 Å². The lowest BCUT2D eigenvalue weighted by atomic mass is 9.88. The van der Waals surface area contributed by atoms with Crippen molar-refractivity contribution in [2.24, 2.45) is 0 Å². The first-order chi connectivity index (χ1) is 12.3. The van der Waals surface area contributed by atoms with Gasteiger partial charge in [-0.15, -0.1) is 0 Å². The average molecular weight is 331 g/mol. The monoisotopic (exact) mass is 331 g/mol. The Morgan fingerprint density at radius 3 is 2.24 bits per heavy atom. The molecule has 0 saturated carbocycles. The Morgan fingerprint density at radius 2 is 1.60 bits per heavy atom. The summed E-state index contributed by atoms with van der Waals surface area (Å²) in [5, 5.41) is 0. The molecule has 1 amide bonds. The van der Waals surface area contributed by atoms with Crippen molar-refractivity contribution >= 4 is 5.91 Å². The first-order valence-electron chi connectivity index (χ1n) is 8.69. The van der Waals surface area contributed by atoms with Gasteiger partial charge in [0.2, 0.25) is 5.91 Å². The summed E-state index contributed by atoms with van der Waals surface area (Å²) < 4.78 is 2.12. The number of rotatable bonds is 4. The minimum atomic E-state index is 0.0802. The molecule has 4 rings (SSSR count). The van der Waals surface area contributed by atoms with Crippen molar-refractivity contribution in [1.82, 2.24) is 14.5 Å². The maximum Gasteiger partial charge on any atom is 0.223 e. The van der Waals surface area contributed by atoms with E-state index in [0.717, 1.165) is 18.9 Å². The van der Waals surface area contributed by atoms with Crippen molar-refractivity contribution in [3.05, 3.63) is 90.0 Å². The van der Waals surface area contributed by atoms with E-state index in [0.29, 0.717) is 13.0 Å². The van der Waals surface area contributed by atoms with Crippen LogP contribution in [0, 0.1) is 0 Å². The zero-order chi connectivity index (χ0) is 17.1. The van der Waals surface area contributed by atoms with E-state index in [1.807, 2.05) is 47.5 Å². The Hall–Kier alpha value is -2.88. The minimum Gasteiger partial charge on any atom is -0.333 e. The number of nitrogens with zero attached hydrogens (tertiary/aromatic N) is 3. The van der Waals surface area contributed by atoms with E-state index in [1.54, 1.807) is 6.20 Å². The second-order valence-corrected chi connectivity index (χ2v) is 6.43. The molecule has 4 nitrogen and oxygen atoms in total. The van der Waals surface area contributed by atoms with Crippen LogP contribution in [0.3, 0.4) is 0 Å². The summed E-state index contributed by atoms with van der Waals surface area (Å²) in [5.41, 5.74) is 2.36. The highest BCUT2D eigenvalue weighted by Gasteiger charge is 2.25. The van der Waals surface area contributed by atoms with E-state index in [1.165, 1.54) is 11.1 Å². The van der Waals surface area contributed by atoms with Crippen LogP contribution in [0.1, 0.15) is 29.3 Å². The molecule has 0 aliphatic carbocycles. The topological polar surface area (TPSA) is 38.1 Å². The summed E-state index contributed by atoms with van der Waals surface area (Å²) in [5.74, 6) is 1.24. The molecule has 0 atom stereocenters. The number of benzene rings is 2. The average Bonchev–Trinajstić information content (AvgIpc) is 3.15. The first-order valence-corrected chi connectivity index (χ1v) is 8.69. The van der Waals surface area contributed by atoms with Crippen molar-refractivity contribution < 1.29 is 4.79 Å². The van der Waals surface area contributed by atoms with Crippen molar-refractivity contribution in [1.29, 1.82) is 0 Å². The lowest BCUT2D eigenvalue weighted by Gasteiger charge is -2.29. The molecule has 2 heterocycles. The highest BCUT2D eigenvalue weighted by atomic mass is 16.2. The third-order valence-corrected chi connectivity index (χ3v) is 4.88. The van der Waals surface area contributed by atoms with Crippen LogP contribution in [-0.4, -0.2) is 26.9 Å². The quantitative estimate of drug-likeness (QED) is 0.734. The molecule has 1 aliphatic rings. The minimum absolute atomic E-state index is 0.0802. The summed E-state index contributed by atoms with van der Waals surface area (Å²) >= 11 is 0. The molecular formula is C21H21N3O. The summed E-state index contributed by atoms with van der Waals surface area (Å²) in [4.78, 5) is 19.3. The van der Waals surface area contributed by atoms with Crippen molar-refractivity contribution in [3.8, 4) is 0 Å². The van der Waals surface area contributed by atoms with Crippen LogP contribution in [0.5, 0.6) is 0 Å². The molecule has 2 aromatic carbocycles. The SMILES string of the molecule is O=C(CC(c1ccccc1)c1ccccc1)N1CCn2ccnc2C1.